The largest absolute Gasteiger partial charge is 0.379 e. The first-order valence-electron chi connectivity index (χ1n) is 24.0. The minimum Gasteiger partial charge on any atom is -0.379 e. The summed E-state index contributed by atoms with van der Waals surface area (Å²) >= 11 is 0. The quantitative estimate of drug-likeness (QED) is 0.0543. The van der Waals surface area contributed by atoms with Crippen molar-refractivity contribution in [3.63, 3.8) is 0 Å². The van der Waals surface area contributed by atoms with E-state index in [2.05, 4.69) is 41.5 Å². The predicted octanol–water partition coefficient (Wildman–Crippen LogP) is 7.39. The number of amides is 6. The Labute approximate surface area is 380 Å². The lowest BCUT2D eigenvalue weighted by Crippen LogP contribution is -2.34. The number of likely N-dealkylation sites (tertiary alicyclic amines) is 3. The van der Waals surface area contributed by atoms with E-state index in [1.54, 1.807) is 0 Å². The van der Waals surface area contributed by atoms with Crippen LogP contribution >= 0.6 is 0 Å². The molecule has 0 radical (unpaired) electrons. The van der Waals surface area contributed by atoms with Gasteiger partial charge >= 0.3 is 0 Å². The average molecular weight is 894 g/mol. The van der Waals surface area contributed by atoms with Gasteiger partial charge < -0.3 is 18.9 Å². The number of nitrogens with zero attached hydrogens (tertiary/aromatic N) is 3. The van der Waals surface area contributed by atoms with Gasteiger partial charge in [0.05, 0.1) is 39.6 Å². The summed E-state index contributed by atoms with van der Waals surface area (Å²) in [4.78, 5) is 87.6. The third-order valence-electron chi connectivity index (χ3n) is 11.7. The summed E-state index contributed by atoms with van der Waals surface area (Å²) in [6.07, 6.45) is 6.44. The van der Waals surface area contributed by atoms with Crippen LogP contribution in [0.25, 0.3) is 0 Å². The number of Topliss-reactive ketones (excluding diaryl/α,β-unsaturated/α-hetero) is 1. The summed E-state index contributed by atoms with van der Waals surface area (Å²) in [6.45, 7) is 30.6. The minimum absolute atomic E-state index is 0.0208. The van der Waals surface area contributed by atoms with E-state index in [0.29, 0.717) is 96.2 Å². The van der Waals surface area contributed by atoms with Gasteiger partial charge in [-0.15, -0.1) is 0 Å². The van der Waals surface area contributed by atoms with Crippen LogP contribution in [0.15, 0.2) is 0 Å². The third kappa shape index (κ3) is 23.1. The lowest BCUT2D eigenvalue weighted by atomic mass is 9.94. The maximum Gasteiger partial charge on any atom is 0.233 e. The molecule has 0 spiro atoms. The SMILES string of the molecule is CC(C)CCCN1C(=O)CC(C(C)C)C1=O.CC(C)CCOCCOCCCC(=O)CCN1C(=O)CC(C(C)C)C1=O.CC(C)CCOCCOCCN1C(=O)CC(C(C)C)C1=O. The van der Waals surface area contributed by atoms with Crippen molar-refractivity contribution in [1.29, 1.82) is 0 Å². The van der Waals surface area contributed by atoms with Gasteiger partial charge in [-0.3, -0.25) is 48.3 Å². The molecule has 3 heterocycles. The molecule has 0 aromatic carbocycles. The van der Waals surface area contributed by atoms with Gasteiger partial charge in [0.25, 0.3) is 0 Å². The highest BCUT2D eigenvalue weighted by atomic mass is 16.5. The van der Waals surface area contributed by atoms with Crippen molar-refractivity contribution in [1.82, 2.24) is 14.7 Å². The summed E-state index contributed by atoms with van der Waals surface area (Å²) in [5.74, 6) is 1.82. The number of carbonyl (C=O) groups is 7. The Hall–Kier alpha value is -3.07. The van der Waals surface area contributed by atoms with Gasteiger partial charge in [-0.2, -0.15) is 0 Å². The van der Waals surface area contributed by atoms with E-state index >= 15 is 0 Å². The Morgan fingerprint density at radius 1 is 0.429 bits per heavy atom. The smallest absolute Gasteiger partial charge is 0.233 e. The summed E-state index contributed by atoms with van der Waals surface area (Å²) in [5, 5.41) is 0. The molecule has 14 heteroatoms. The van der Waals surface area contributed by atoms with E-state index in [4.69, 9.17) is 18.9 Å². The van der Waals surface area contributed by atoms with Crippen LogP contribution in [0, 0.1) is 53.3 Å². The molecule has 14 nitrogen and oxygen atoms in total. The normalized spacial score (nSPS) is 19.3. The fraction of sp³-hybridized carbons (Fsp3) is 0.857. The number of ketones is 1. The summed E-state index contributed by atoms with van der Waals surface area (Å²) in [6, 6.07) is 0. The van der Waals surface area contributed by atoms with Crippen molar-refractivity contribution >= 4 is 41.2 Å². The molecule has 3 aliphatic heterocycles. The highest BCUT2D eigenvalue weighted by Crippen LogP contribution is 2.28. The van der Waals surface area contributed by atoms with Gasteiger partial charge in [0.1, 0.15) is 5.78 Å². The van der Waals surface area contributed by atoms with Crippen LogP contribution in [0.3, 0.4) is 0 Å². The van der Waals surface area contributed by atoms with Gasteiger partial charge in [-0.05, 0) is 67.6 Å². The molecule has 6 amide bonds. The van der Waals surface area contributed by atoms with Gasteiger partial charge in [-0.1, -0.05) is 83.1 Å². The Morgan fingerprint density at radius 2 is 0.778 bits per heavy atom. The number of rotatable bonds is 29. The number of hydrogen-bond donors (Lipinski definition) is 0. The zero-order chi connectivity index (χ0) is 47.6. The molecule has 3 rings (SSSR count). The standard InChI is InChI=1S/C20H35NO5.C16H29NO4.C13H23NO2/c1-15(2)8-11-26-13-12-25-10-5-6-17(22)7-9-21-19(23)14-18(16(3)4)20(21)24;1-12(2)5-7-20-9-10-21-8-6-17-15(18)11-14(13(3)4)16(17)19;1-9(2)6-5-7-14-12(15)8-11(10(3)4)13(14)16/h15-16,18H,5-14H2,1-4H3;12-14H,5-11H2,1-4H3;9-11H,5-8H2,1-4H3. The lowest BCUT2D eigenvalue weighted by molar-refractivity contribution is -0.142. The molecular formula is C49H87N3O11. The molecule has 3 fully saturated rings. The van der Waals surface area contributed by atoms with E-state index in [1.807, 2.05) is 41.5 Å². The molecule has 63 heavy (non-hydrogen) atoms. The van der Waals surface area contributed by atoms with Gasteiger partial charge in [0.15, 0.2) is 0 Å². The maximum atomic E-state index is 12.2. The molecule has 0 aromatic rings. The van der Waals surface area contributed by atoms with Crippen molar-refractivity contribution in [2.45, 2.75) is 147 Å². The Morgan fingerprint density at radius 3 is 1.14 bits per heavy atom. The number of carbonyl (C=O) groups excluding carboxylic acids is 7. The molecule has 0 saturated carbocycles. The molecule has 3 aliphatic rings. The van der Waals surface area contributed by atoms with E-state index < -0.39 is 0 Å². The summed E-state index contributed by atoms with van der Waals surface area (Å²) < 4.78 is 21.8. The maximum absolute atomic E-state index is 12.2. The zero-order valence-corrected chi connectivity index (χ0v) is 41.4. The fourth-order valence-electron chi connectivity index (χ4n) is 7.22. The Kier molecular flexibility index (Phi) is 29.2. The number of ether oxygens (including phenoxy) is 4. The van der Waals surface area contributed by atoms with E-state index in [0.717, 1.165) is 38.9 Å². The van der Waals surface area contributed by atoms with Crippen molar-refractivity contribution in [2.75, 3.05) is 72.5 Å². The van der Waals surface area contributed by atoms with Crippen LogP contribution in [-0.2, 0) is 52.5 Å². The second-order valence-electron chi connectivity index (χ2n) is 19.6. The van der Waals surface area contributed by atoms with Crippen molar-refractivity contribution in [2.24, 2.45) is 53.3 Å². The molecule has 3 saturated heterocycles. The molecule has 0 N–H and O–H groups in total. The summed E-state index contributed by atoms with van der Waals surface area (Å²) in [7, 11) is 0. The summed E-state index contributed by atoms with van der Waals surface area (Å²) in [5.41, 5.74) is 0. The number of imide groups is 3. The lowest BCUT2D eigenvalue weighted by Gasteiger charge is -2.16. The number of hydrogen-bond acceptors (Lipinski definition) is 11. The van der Waals surface area contributed by atoms with Crippen LogP contribution < -0.4 is 0 Å². The molecular weight excluding hydrogens is 807 g/mol. The van der Waals surface area contributed by atoms with Crippen LogP contribution in [0.1, 0.15) is 147 Å². The van der Waals surface area contributed by atoms with E-state index in [9.17, 15) is 33.6 Å². The highest BCUT2D eigenvalue weighted by molar-refractivity contribution is 6.05. The molecule has 3 atom stereocenters. The van der Waals surface area contributed by atoms with Crippen LogP contribution in [0.5, 0.6) is 0 Å². The molecule has 3 unspecified atom stereocenters. The Balaban J connectivity index is 0.000000486. The van der Waals surface area contributed by atoms with Crippen molar-refractivity contribution in [3.8, 4) is 0 Å². The first kappa shape index (κ1) is 57.9. The molecule has 364 valence electrons. The average Bonchev–Trinajstić information content (AvgIpc) is 3.78. The predicted molar refractivity (Wildman–Crippen MR) is 244 cm³/mol. The second kappa shape index (κ2) is 31.7. The fourth-order valence-corrected chi connectivity index (χ4v) is 7.22. The van der Waals surface area contributed by atoms with Crippen LogP contribution in [-0.4, -0.2) is 128 Å². The molecule has 0 aromatic heterocycles. The minimum atomic E-state index is -0.228. The van der Waals surface area contributed by atoms with Crippen LogP contribution in [0.4, 0.5) is 0 Å². The van der Waals surface area contributed by atoms with Gasteiger partial charge in [0, 0.05) is 82.8 Å². The van der Waals surface area contributed by atoms with Gasteiger partial charge in [-0.25, -0.2) is 0 Å². The third-order valence-corrected chi connectivity index (χ3v) is 11.7. The topological polar surface area (TPSA) is 166 Å². The van der Waals surface area contributed by atoms with Crippen molar-refractivity contribution < 1.29 is 52.5 Å². The Bertz CT molecular complexity index is 1400. The van der Waals surface area contributed by atoms with E-state index in [-0.39, 0.29) is 96.1 Å². The van der Waals surface area contributed by atoms with Crippen LogP contribution in [0.2, 0.25) is 0 Å². The van der Waals surface area contributed by atoms with Crippen molar-refractivity contribution in [3.05, 3.63) is 0 Å². The first-order valence-corrected chi connectivity index (χ1v) is 24.0. The molecule has 0 bridgehead atoms. The second-order valence-corrected chi connectivity index (χ2v) is 19.6. The van der Waals surface area contributed by atoms with E-state index in [1.165, 1.54) is 14.7 Å². The zero-order valence-electron chi connectivity index (χ0n) is 41.4. The monoisotopic (exact) mass is 894 g/mol. The van der Waals surface area contributed by atoms with Gasteiger partial charge in [0.2, 0.25) is 35.4 Å². The highest BCUT2D eigenvalue weighted by Gasteiger charge is 2.41. The molecule has 0 aliphatic carbocycles. The first-order chi connectivity index (χ1) is 29.7.